The van der Waals surface area contributed by atoms with E-state index in [-0.39, 0.29) is 24.9 Å². The molecule has 4 rings (SSSR count). The zero-order valence-corrected chi connectivity index (χ0v) is 20.9. The van der Waals surface area contributed by atoms with Crippen molar-refractivity contribution in [2.24, 2.45) is 0 Å². The van der Waals surface area contributed by atoms with Crippen LogP contribution < -0.4 is 10.6 Å². The van der Waals surface area contributed by atoms with Gasteiger partial charge >= 0.3 is 5.97 Å². The fraction of sp³-hybridized carbons (Fsp3) is 0.267. The maximum absolute atomic E-state index is 12.2. The lowest BCUT2D eigenvalue weighted by atomic mass is 10.0. The topological polar surface area (TPSA) is 101 Å². The predicted octanol–water partition coefficient (Wildman–Crippen LogP) is 5.75. The van der Waals surface area contributed by atoms with E-state index in [1.165, 1.54) is 5.56 Å². The molecule has 1 aromatic heterocycles. The number of carboxylic acid groups (broad SMARTS) is 1. The van der Waals surface area contributed by atoms with Gasteiger partial charge in [0.1, 0.15) is 11.3 Å². The van der Waals surface area contributed by atoms with Crippen molar-refractivity contribution in [1.29, 1.82) is 0 Å². The van der Waals surface area contributed by atoms with Crippen molar-refractivity contribution in [2.45, 2.75) is 32.2 Å². The molecule has 1 amide bonds. The molecule has 0 aliphatic carbocycles. The van der Waals surface area contributed by atoms with E-state index in [4.69, 9.17) is 14.3 Å². The summed E-state index contributed by atoms with van der Waals surface area (Å²) in [4.78, 5) is 22.8. The molecular formula is C30H32N2O5. The second-order valence-corrected chi connectivity index (χ2v) is 8.94. The number of carboxylic acids is 1. The molecule has 7 heteroatoms. The first-order chi connectivity index (χ1) is 18.0. The Morgan fingerprint density at radius 3 is 2.46 bits per heavy atom. The summed E-state index contributed by atoms with van der Waals surface area (Å²) in [6.45, 7) is 3.43. The minimum atomic E-state index is -0.944. The van der Waals surface area contributed by atoms with Crippen LogP contribution in [0.3, 0.4) is 0 Å². The summed E-state index contributed by atoms with van der Waals surface area (Å²) >= 11 is 0. The largest absolute Gasteiger partial charge is 0.481 e. The molecule has 1 heterocycles. The van der Waals surface area contributed by atoms with Gasteiger partial charge in [-0.1, -0.05) is 49.4 Å². The minimum Gasteiger partial charge on any atom is -0.481 e. The van der Waals surface area contributed by atoms with Crippen molar-refractivity contribution < 1.29 is 23.8 Å². The summed E-state index contributed by atoms with van der Waals surface area (Å²) in [6.07, 6.45) is 1.61. The third-order valence-electron chi connectivity index (χ3n) is 5.96. The molecule has 1 atom stereocenters. The predicted molar refractivity (Wildman–Crippen MR) is 145 cm³/mol. The Morgan fingerprint density at radius 2 is 1.76 bits per heavy atom. The van der Waals surface area contributed by atoms with Crippen molar-refractivity contribution in [2.75, 3.05) is 25.1 Å². The Hall–Kier alpha value is -4.10. The number of carbonyl (C=O) groups excluding carboxylic acids is 1. The number of hydrogen-bond donors (Lipinski definition) is 3. The molecule has 0 spiro atoms. The summed E-state index contributed by atoms with van der Waals surface area (Å²) in [6, 6.07) is 25.6. The maximum Gasteiger partial charge on any atom is 0.305 e. The number of hydrogen-bond acceptors (Lipinski definition) is 5. The Balaban J connectivity index is 1.39. The Morgan fingerprint density at radius 1 is 1.00 bits per heavy atom. The van der Waals surface area contributed by atoms with E-state index < -0.39 is 5.97 Å². The Kier molecular flexibility index (Phi) is 8.94. The highest BCUT2D eigenvalue weighted by atomic mass is 16.5. The van der Waals surface area contributed by atoms with Crippen LogP contribution in [0, 0.1) is 0 Å². The van der Waals surface area contributed by atoms with Gasteiger partial charge in [-0.25, -0.2) is 0 Å². The molecule has 37 heavy (non-hydrogen) atoms. The van der Waals surface area contributed by atoms with Gasteiger partial charge in [-0.15, -0.1) is 0 Å². The monoisotopic (exact) mass is 500 g/mol. The van der Waals surface area contributed by atoms with Crippen molar-refractivity contribution in [3.05, 3.63) is 90.0 Å². The molecule has 0 aliphatic heterocycles. The van der Waals surface area contributed by atoms with Gasteiger partial charge in [-0.05, 0) is 54.8 Å². The Labute approximate surface area is 216 Å². The summed E-state index contributed by atoms with van der Waals surface area (Å²) in [7, 11) is 0. The van der Waals surface area contributed by atoms with Gasteiger partial charge in [0.2, 0.25) is 0 Å². The van der Waals surface area contributed by atoms with Gasteiger partial charge in [-0.2, -0.15) is 0 Å². The molecule has 0 saturated heterocycles. The van der Waals surface area contributed by atoms with E-state index >= 15 is 0 Å². The number of carbonyl (C=O) groups is 2. The lowest BCUT2D eigenvalue weighted by Crippen LogP contribution is -2.28. The summed E-state index contributed by atoms with van der Waals surface area (Å²) < 4.78 is 11.8. The molecule has 3 aromatic carbocycles. The van der Waals surface area contributed by atoms with Gasteiger partial charge in [-0.3, -0.25) is 9.59 Å². The molecule has 192 valence electrons. The van der Waals surface area contributed by atoms with Crippen LogP contribution in [0.4, 0.5) is 5.69 Å². The number of benzene rings is 3. The zero-order chi connectivity index (χ0) is 26.0. The molecule has 4 aromatic rings. The minimum absolute atomic E-state index is 0.0406. The number of furan rings is 1. The number of aliphatic carboxylic acids is 1. The molecule has 0 bridgehead atoms. The van der Waals surface area contributed by atoms with Gasteiger partial charge in [0.15, 0.2) is 0 Å². The van der Waals surface area contributed by atoms with Crippen LogP contribution in [-0.2, 0) is 16.0 Å². The SMILES string of the molecule is CCCOC[C@H](Cc1ccc(-c2cc3ccccc3o2)cc1)Nc1ccc(C(=O)NCCC(=O)O)cc1. The average molecular weight is 501 g/mol. The number of para-hydroxylation sites is 1. The first-order valence-electron chi connectivity index (χ1n) is 12.5. The smallest absolute Gasteiger partial charge is 0.305 e. The average Bonchev–Trinajstić information content (AvgIpc) is 3.34. The van der Waals surface area contributed by atoms with Crippen LogP contribution in [0.5, 0.6) is 0 Å². The molecular weight excluding hydrogens is 468 g/mol. The van der Waals surface area contributed by atoms with E-state index in [0.717, 1.165) is 40.8 Å². The van der Waals surface area contributed by atoms with E-state index in [1.807, 2.05) is 36.4 Å². The maximum atomic E-state index is 12.2. The number of rotatable bonds is 13. The van der Waals surface area contributed by atoms with E-state index in [0.29, 0.717) is 18.8 Å². The van der Waals surface area contributed by atoms with E-state index in [2.05, 4.69) is 47.9 Å². The highest BCUT2D eigenvalue weighted by Crippen LogP contribution is 2.28. The third-order valence-corrected chi connectivity index (χ3v) is 5.96. The zero-order valence-electron chi connectivity index (χ0n) is 20.9. The highest BCUT2D eigenvalue weighted by molar-refractivity contribution is 5.94. The van der Waals surface area contributed by atoms with Crippen molar-refractivity contribution in [3.63, 3.8) is 0 Å². The summed E-state index contributed by atoms with van der Waals surface area (Å²) in [5.74, 6) is -0.388. The van der Waals surface area contributed by atoms with Crippen molar-refractivity contribution in [3.8, 4) is 11.3 Å². The van der Waals surface area contributed by atoms with Crippen LogP contribution >= 0.6 is 0 Å². The molecule has 0 aliphatic rings. The van der Waals surface area contributed by atoms with Gasteiger partial charge < -0.3 is 24.9 Å². The molecule has 3 N–H and O–H groups in total. The second kappa shape index (κ2) is 12.7. The van der Waals surface area contributed by atoms with Crippen LogP contribution in [0.2, 0.25) is 0 Å². The first kappa shape index (κ1) is 26.0. The highest BCUT2D eigenvalue weighted by Gasteiger charge is 2.13. The van der Waals surface area contributed by atoms with Gasteiger partial charge in [0.25, 0.3) is 5.91 Å². The number of nitrogens with one attached hydrogen (secondary N) is 2. The van der Waals surface area contributed by atoms with Gasteiger partial charge in [0, 0.05) is 35.4 Å². The molecule has 0 saturated carbocycles. The normalized spacial score (nSPS) is 11.8. The molecule has 7 nitrogen and oxygen atoms in total. The van der Waals surface area contributed by atoms with E-state index in [9.17, 15) is 9.59 Å². The van der Waals surface area contributed by atoms with Gasteiger partial charge in [0.05, 0.1) is 19.1 Å². The first-order valence-corrected chi connectivity index (χ1v) is 12.5. The molecule has 0 unspecified atom stereocenters. The van der Waals surface area contributed by atoms with Crippen LogP contribution in [0.1, 0.15) is 35.7 Å². The van der Waals surface area contributed by atoms with Crippen molar-refractivity contribution >= 4 is 28.5 Å². The standard InChI is InChI=1S/C30H32N2O5/c1-2-17-36-20-26(32-25-13-11-23(12-14-25)30(35)31-16-15-29(33)34)18-21-7-9-22(10-8-21)28-19-24-5-3-4-6-27(24)37-28/h3-14,19,26,32H,2,15-18,20H2,1H3,(H,31,35)(H,33,34)/t26-/m0/s1. The number of ether oxygens (including phenoxy) is 1. The van der Waals surface area contributed by atoms with Crippen LogP contribution in [0.25, 0.3) is 22.3 Å². The van der Waals surface area contributed by atoms with Crippen LogP contribution in [0.15, 0.2) is 83.3 Å². The lowest BCUT2D eigenvalue weighted by Gasteiger charge is -2.20. The quantitative estimate of drug-likeness (QED) is 0.202. The summed E-state index contributed by atoms with van der Waals surface area (Å²) in [5, 5.41) is 15.9. The molecule has 0 radical (unpaired) electrons. The second-order valence-electron chi connectivity index (χ2n) is 8.94. The number of amides is 1. The van der Waals surface area contributed by atoms with Crippen molar-refractivity contribution in [1.82, 2.24) is 5.32 Å². The number of anilines is 1. The van der Waals surface area contributed by atoms with Crippen LogP contribution in [-0.4, -0.2) is 42.8 Å². The summed E-state index contributed by atoms with van der Waals surface area (Å²) in [5.41, 5.74) is 4.44. The van der Waals surface area contributed by atoms with E-state index in [1.54, 1.807) is 12.1 Å². The lowest BCUT2D eigenvalue weighted by molar-refractivity contribution is -0.136. The third kappa shape index (κ3) is 7.44. The Bertz CT molecular complexity index is 1280. The number of fused-ring (bicyclic) bond motifs is 1. The molecule has 0 fully saturated rings. The fourth-order valence-corrected chi connectivity index (χ4v) is 4.07. The fourth-order valence-electron chi connectivity index (χ4n) is 4.07.